The summed E-state index contributed by atoms with van der Waals surface area (Å²) in [6.45, 7) is 2.13. The molecule has 0 spiro atoms. The maximum absolute atomic E-state index is 5.41. The largest absolute Gasteiger partial charge is 0.368 e. The second kappa shape index (κ2) is 5.67. The van der Waals surface area contributed by atoms with Crippen LogP contribution in [0.5, 0.6) is 0 Å². The van der Waals surface area contributed by atoms with Crippen LogP contribution in [0.1, 0.15) is 31.5 Å². The average molecular weight is 254 g/mol. The molecule has 0 saturated heterocycles. The van der Waals surface area contributed by atoms with E-state index >= 15 is 0 Å². The van der Waals surface area contributed by atoms with Crippen molar-refractivity contribution in [1.82, 2.24) is 25.3 Å². The predicted molar refractivity (Wildman–Crippen MR) is 63.3 cm³/mol. The third-order valence-corrected chi connectivity index (χ3v) is 2.90. The summed E-state index contributed by atoms with van der Waals surface area (Å²) in [6.07, 6.45) is 3.05. The van der Waals surface area contributed by atoms with Gasteiger partial charge < -0.3 is 10.3 Å². The van der Waals surface area contributed by atoms with Gasteiger partial charge in [-0.25, -0.2) is 5.10 Å². The highest BCUT2D eigenvalue weighted by Gasteiger charge is 2.08. The molecule has 0 bridgehead atoms. The molecule has 3 N–H and O–H groups in total. The van der Waals surface area contributed by atoms with E-state index in [0.717, 1.165) is 25.1 Å². The number of aromatic amines is 1. The van der Waals surface area contributed by atoms with Gasteiger partial charge in [-0.2, -0.15) is 9.97 Å². The normalized spacial score (nSPS) is 10.9. The molecule has 2 aromatic rings. The minimum atomic E-state index is 0.307. The van der Waals surface area contributed by atoms with E-state index in [9.17, 15) is 0 Å². The highest BCUT2D eigenvalue weighted by atomic mass is 32.2. The van der Waals surface area contributed by atoms with E-state index in [2.05, 4.69) is 32.2 Å². The number of nitrogens with one attached hydrogen (secondary N) is 1. The van der Waals surface area contributed by atoms with Crippen LogP contribution in [0.4, 0.5) is 5.95 Å². The molecule has 0 radical (unpaired) electrons. The second-order valence-corrected chi connectivity index (χ2v) is 4.44. The van der Waals surface area contributed by atoms with E-state index in [0.29, 0.717) is 22.7 Å². The molecular formula is C9H14N6OS. The molecule has 0 amide bonds. The van der Waals surface area contributed by atoms with Gasteiger partial charge in [-0.15, -0.1) is 5.10 Å². The summed E-state index contributed by atoms with van der Waals surface area (Å²) in [5.41, 5.74) is 5.41. The first-order valence-corrected chi connectivity index (χ1v) is 6.38. The Bertz CT molecular complexity index is 468. The van der Waals surface area contributed by atoms with Crippen LogP contribution in [0.2, 0.25) is 0 Å². The molecule has 0 fully saturated rings. The van der Waals surface area contributed by atoms with Crippen LogP contribution < -0.4 is 5.73 Å². The zero-order valence-electron chi connectivity index (χ0n) is 9.51. The summed E-state index contributed by atoms with van der Waals surface area (Å²) < 4.78 is 5.11. The fraction of sp³-hybridized carbons (Fsp3) is 0.556. The molecule has 8 heteroatoms. The topological polar surface area (TPSA) is 107 Å². The van der Waals surface area contributed by atoms with Crippen molar-refractivity contribution >= 4 is 17.7 Å². The smallest absolute Gasteiger partial charge is 0.237 e. The molecule has 17 heavy (non-hydrogen) atoms. The van der Waals surface area contributed by atoms with Crippen molar-refractivity contribution in [3.05, 3.63) is 11.7 Å². The van der Waals surface area contributed by atoms with Gasteiger partial charge in [0.05, 0.1) is 5.75 Å². The Kier molecular flexibility index (Phi) is 3.97. The molecule has 92 valence electrons. The quantitative estimate of drug-likeness (QED) is 0.750. The minimum absolute atomic E-state index is 0.307. The third-order valence-electron chi connectivity index (χ3n) is 2.07. The maximum Gasteiger partial charge on any atom is 0.237 e. The van der Waals surface area contributed by atoms with E-state index in [1.807, 2.05) is 0 Å². The Morgan fingerprint density at radius 2 is 2.29 bits per heavy atom. The van der Waals surface area contributed by atoms with Crippen LogP contribution >= 0.6 is 11.8 Å². The van der Waals surface area contributed by atoms with Crippen LogP contribution in [0, 0.1) is 0 Å². The number of aryl methyl sites for hydroxylation is 1. The summed E-state index contributed by atoms with van der Waals surface area (Å²) >= 11 is 1.40. The molecule has 0 aliphatic carbocycles. The number of hydrogen-bond donors (Lipinski definition) is 2. The first kappa shape index (κ1) is 11.9. The summed E-state index contributed by atoms with van der Waals surface area (Å²) in [7, 11) is 0. The van der Waals surface area contributed by atoms with Gasteiger partial charge in [-0.05, 0) is 6.42 Å². The Hall–Kier alpha value is -1.57. The molecule has 0 saturated carbocycles. The second-order valence-electron chi connectivity index (χ2n) is 3.50. The number of H-pyrrole nitrogens is 1. The van der Waals surface area contributed by atoms with Crippen LogP contribution in [0.3, 0.4) is 0 Å². The van der Waals surface area contributed by atoms with E-state index in [1.165, 1.54) is 11.8 Å². The van der Waals surface area contributed by atoms with Gasteiger partial charge in [0.1, 0.15) is 0 Å². The SMILES string of the molecule is CCCCc1noc(CSc2n[nH]c(N)n2)n1. The molecule has 0 aliphatic rings. The van der Waals surface area contributed by atoms with Crippen LogP contribution in [0.25, 0.3) is 0 Å². The van der Waals surface area contributed by atoms with Gasteiger partial charge >= 0.3 is 0 Å². The fourth-order valence-electron chi connectivity index (χ4n) is 1.23. The molecule has 0 aliphatic heterocycles. The zero-order valence-corrected chi connectivity index (χ0v) is 10.3. The van der Waals surface area contributed by atoms with Crippen LogP contribution in [-0.4, -0.2) is 25.3 Å². The number of aromatic nitrogens is 5. The van der Waals surface area contributed by atoms with Gasteiger partial charge in [0.25, 0.3) is 0 Å². The standard InChI is InChI=1S/C9H14N6OS/c1-2-3-4-6-11-7(16-15-6)5-17-9-12-8(10)13-14-9/h2-5H2,1H3,(H3,10,12,13,14). The lowest BCUT2D eigenvalue weighted by Gasteiger charge is -1.89. The van der Waals surface area contributed by atoms with Gasteiger partial charge in [0, 0.05) is 6.42 Å². The van der Waals surface area contributed by atoms with E-state index < -0.39 is 0 Å². The highest BCUT2D eigenvalue weighted by Crippen LogP contribution is 2.18. The van der Waals surface area contributed by atoms with Gasteiger partial charge in [0.15, 0.2) is 5.82 Å². The molecule has 0 aromatic carbocycles. The molecule has 2 rings (SSSR count). The van der Waals surface area contributed by atoms with Crippen molar-refractivity contribution in [2.24, 2.45) is 0 Å². The van der Waals surface area contributed by atoms with Crippen molar-refractivity contribution < 1.29 is 4.52 Å². The van der Waals surface area contributed by atoms with E-state index in [-0.39, 0.29) is 0 Å². The number of anilines is 1. The lowest BCUT2D eigenvalue weighted by Crippen LogP contribution is -1.88. The Balaban J connectivity index is 1.84. The fourth-order valence-corrected chi connectivity index (χ4v) is 1.88. The Morgan fingerprint density at radius 3 is 3.00 bits per heavy atom. The third kappa shape index (κ3) is 3.45. The van der Waals surface area contributed by atoms with Gasteiger partial charge in [0.2, 0.25) is 17.0 Å². The van der Waals surface area contributed by atoms with Crippen molar-refractivity contribution in [2.45, 2.75) is 37.1 Å². The average Bonchev–Trinajstić information content (AvgIpc) is 2.93. The number of hydrogen-bond acceptors (Lipinski definition) is 7. The summed E-state index contributed by atoms with van der Waals surface area (Å²) in [6, 6.07) is 0. The Labute approximate surface area is 103 Å². The van der Waals surface area contributed by atoms with Crippen molar-refractivity contribution in [3.8, 4) is 0 Å². The Morgan fingerprint density at radius 1 is 1.41 bits per heavy atom. The maximum atomic E-state index is 5.41. The zero-order chi connectivity index (χ0) is 12.1. The van der Waals surface area contributed by atoms with Crippen molar-refractivity contribution in [2.75, 3.05) is 5.73 Å². The monoisotopic (exact) mass is 254 g/mol. The predicted octanol–water partition coefficient (Wildman–Crippen LogP) is 1.40. The number of nitrogens with zero attached hydrogens (tertiary/aromatic N) is 4. The molecule has 0 atom stereocenters. The molecule has 2 heterocycles. The van der Waals surface area contributed by atoms with Crippen LogP contribution in [-0.2, 0) is 12.2 Å². The van der Waals surface area contributed by atoms with Crippen LogP contribution in [0.15, 0.2) is 9.68 Å². The minimum Gasteiger partial charge on any atom is -0.368 e. The summed E-state index contributed by atoms with van der Waals surface area (Å²) in [4.78, 5) is 8.24. The summed E-state index contributed by atoms with van der Waals surface area (Å²) in [5, 5.41) is 10.9. The van der Waals surface area contributed by atoms with E-state index in [4.69, 9.17) is 10.3 Å². The van der Waals surface area contributed by atoms with Gasteiger partial charge in [-0.1, -0.05) is 30.3 Å². The number of nitrogen functional groups attached to an aromatic ring is 1. The first-order valence-electron chi connectivity index (χ1n) is 5.40. The van der Waals surface area contributed by atoms with E-state index in [1.54, 1.807) is 0 Å². The number of unbranched alkanes of at least 4 members (excludes halogenated alkanes) is 1. The summed E-state index contributed by atoms with van der Waals surface area (Å²) in [5.74, 6) is 2.21. The molecule has 0 unspecified atom stereocenters. The lowest BCUT2D eigenvalue weighted by atomic mass is 10.2. The lowest BCUT2D eigenvalue weighted by molar-refractivity contribution is 0.384. The molecule has 7 nitrogen and oxygen atoms in total. The number of rotatable bonds is 6. The number of nitrogens with two attached hydrogens (primary N) is 1. The van der Waals surface area contributed by atoms with Crippen molar-refractivity contribution in [3.63, 3.8) is 0 Å². The molecule has 2 aromatic heterocycles. The van der Waals surface area contributed by atoms with Gasteiger partial charge in [-0.3, -0.25) is 0 Å². The highest BCUT2D eigenvalue weighted by molar-refractivity contribution is 7.98. The molecular weight excluding hydrogens is 240 g/mol. The van der Waals surface area contributed by atoms with Crippen molar-refractivity contribution in [1.29, 1.82) is 0 Å². The first-order chi connectivity index (χ1) is 8.28. The number of thioether (sulfide) groups is 1.